The average Bonchev–Trinajstić information content (AvgIpc) is 2.68. The van der Waals surface area contributed by atoms with Gasteiger partial charge in [-0.1, -0.05) is 30.3 Å². The van der Waals surface area contributed by atoms with Gasteiger partial charge in [0.2, 0.25) is 11.8 Å². The predicted octanol–water partition coefficient (Wildman–Crippen LogP) is 1.13. The van der Waals surface area contributed by atoms with Gasteiger partial charge in [-0.25, -0.2) is 0 Å². The molecule has 1 saturated heterocycles. The second-order valence-electron chi connectivity index (χ2n) is 4.24. The molecule has 0 spiro atoms. The highest BCUT2D eigenvalue weighted by atomic mass is 35.5. The van der Waals surface area contributed by atoms with Gasteiger partial charge in [-0.3, -0.25) is 14.5 Å². The van der Waals surface area contributed by atoms with E-state index in [2.05, 4.69) is 0 Å². The summed E-state index contributed by atoms with van der Waals surface area (Å²) < 4.78 is 0. The second-order valence-corrected chi connectivity index (χ2v) is 4.24. The van der Waals surface area contributed by atoms with E-state index in [9.17, 15) is 9.59 Å². The van der Waals surface area contributed by atoms with Gasteiger partial charge < -0.3 is 5.73 Å². The van der Waals surface area contributed by atoms with Crippen LogP contribution in [0.15, 0.2) is 30.3 Å². The molecule has 4 nitrogen and oxygen atoms in total. The highest BCUT2D eigenvalue weighted by molar-refractivity contribution is 6.02. The fourth-order valence-corrected chi connectivity index (χ4v) is 2.17. The number of benzene rings is 1. The number of carbonyl (C=O) groups is 2. The average molecular weight is 269 g/mol. The van der Waals surface area contributed by atoms with Crippen molar-refractivity contribution in [1.29, 1.82) is 0 Å². The first-order chi connectivity index (χ1) is 8.22. The van der Waals surface area contributed by atoms with Crippen molar-refractivity contribution in [3.05, 3.63) is 35.9 Å². The normalized spacial score (nSPS) is 16.6. The molecule has 0 aliphatic carbocycles. The molecule has 1 aliphatic heterocycles. The van der Waals surface area contributed by atoms with Crippen molar-refractivity contribution >= 4 is 24.2 Å². The van der Waals surface area contributed by atoms with Crippen LogP contribution in [0.4, 0.5) is 0 Å². The molecule has 1 aromatic carbocycles. The van der Waals surface area contributed by atoms with Crippen molar-refractivity contribution in [2.75, 3.05) is 6.54 Å². The van der Waals surface area contributed by atoms with Gasteiger partial charge in [-0.05, 0) is 12.0 Å². The third kappa shape index (κ3) is 3.09. The quantitative estimate of drug-likeness (QED) is 0.833. The van der Waals surface area contributed by atoms with Crippen molar-refractivity contribution in [3.63, 3.8) is 0 Å². The molecule has 1 aromatic rings. The summed E-state index contributed by atoms with van der Waals surface area (Å²) in [5, 5.41) is 0. The molecule has 0 bridgehead atoms. The van der Waals surface area contributed by atoms with Crippen molar-refractivity contribution < 1.29 is 9.59 Å². The van der Waals surface area contributed by atoms with E-state index in [0.717, 1.165) is 5.56 Å². The lowest BCUT2D eigenvalue weighted by Crippen LogP contribution is -2.45. The Kier molecular flexibility index (Phi) is 5.31. The topological polar surface area (TPSA) is 63.4 Å². The van der Waals surface area contributed by atoms with Gasteiger partial charge in [0.05, 0.1) is 6.04 Å². The van der Waals surface area contributed by atoms with Crippen LogP contribution >= 0.6 is 12.4 Å². The molecule has 1 unspecified atom stereocenters. The molecule has 2 N–H and O–H groups in total. The van der Waals surface area contributed by atoms with Gasteiger partial charge in [0, 0.05) is 19.4 Å². The molecule has 0 saturated carbocycles. The van der Waals surface area contributed by atoms with Crippen LogP contribution in [0.5, 0.6) is 0 Å². The van der Waals surface area contributed by atoms with Crippen molar-refractivity contribution in [2.24, 2.45) is 5.73 Å². The van der Waals surface area contributed by atoms with Crippen LogP contribution in [0.2, 0.25) is 0 Å². The summed E-state index contributed by atoms with van der Waals surface area (Å²) in [6.07, 6.45) is 1.28. The zero-order valence-electron chi connectivity index (χ0n) is 10.0. The maximum absolute atomic E-state index is 11.6. The number of rotatable bonds is 4. The van der Waals surface area contributed by atoms with Crippen LogP contribution in [0, 0.1) is 0 Å². The minimum Gasteiger partial charge on any atom is -0.328 e. The van der Waals surface area contributed by atoms with Crippen LogP contribution in [-0.4, -0.2) is 29.3 Å². The number of hydrogen-bond acceptors (Lipinski definition) is 3. The van der Waals surface area contributed by atoms with E-state index in [4.69, 9.17) is 5.73 Å². The first-order valence-corrected chi connectivity index (χ1v) is 5.81. The molecule has 1 aliphatic rings. The third-order valence-electron chi connectivity index (χ3n) is 3.04. The molecular formula is C13H17ClN2O2. The van der Waals surface area contributed by atoms with Crippen LogP contribution in [0.1, 0.15) is 18.4 Å². The smallest absolute Gasteiger partial charge is 0.229 e. The van der Waals surface area contributed by atoms with E-state index in [1.54, 1.807) is 0 Å². The Bertz CT molecular complexity index is 406. The second kappa shape index (κ2) is 6.52. The fraction of sp³-hybridized carbons (Fsp3) is 0.385. The lowest BCUT2D eigenvalue weighted by molar-refractivity contribution is -0.140. The lowest BCUT2D eigenvalue weighted by atomic mass is 10.0. The maximum Gasteiger partial charge on any atom is 0.229 e. The summed E-state index contributed by atoms with van der Waals surface area (Å²) >= 11 is 0. The van der Waals surface area contributed by atoms with Gasteiger partial charge >= 0.3 is 0 Å². The van der Waals surface area contributed by atoms with Gasteiger partial charge in [0.15, 0.2) is 0 Å². The Morgan fingerprint density at radius 3 is 2.17 bits per heavy atom. The minimum atomic E-state index is -0.208. The summed E-state index contributed by atoms with van der Waals surface area (Å²) in [6.45, 7) is 0.312. The number of likely N-dealkylation sites (tertiary alicyclic amines) is 1. The van der Waals surface area contributed by atoms with E-state index in [1.807, 2.05) is 30.3 Å². The number of amides is 2. The summed E-state index contributed by atoms with van der Waals surface area (Å²) in [6, 6.07) is 9.57. The van der Waals surface area contributed by atoms with E-state index in [1.165, 1.54) is 4.90 Å². The summed E-state index contributed by atoms with van der Waals surface area (Å²) in [5.74, 6) is -0.192. The molecule has 5 heteroatoms. The number of carbonyl (C=O) groups excluding carboxylic acids is 2. The number of halogens is 1. The first-order valence-electron chi connectivity index (χ1n) is 5.81. The Morgan fingerprint density at radius 2 is 1.67 bits per heavy atom. The maximum atomic E-state index is 11.6. The molecule has 2 amide bonds. The van der Waals surface area contributed by atoms with Crippen LogP contribution in [0.25, 0.3) is 0 Å². The molecule has 98 valence electrons. The SMILES string of the molecule is Cl.NCC(Cc1ccccc1)N1C(=O)CCC1=O. The van der Waals surface area contributed by atoms with Gasteiger partial charge in [-0.2, -0.15) is 0 Å². The minimum absolute atomic E-state index is 0. The van der Waals surface area contributed by atoms with Crippen molar-refractivity contribution in [1.82, 2.24) is 4.90 Å². The summed E-state index contributed by atoms with van der Waals surface area (Å²) in [7, 11) is 0. The molecule has 1 heterocycles. The molecule has 2 rings (SSSR count). The fourth-order valence-electron chi connectivity index (χ4n) is 2.17. The van der Waals surface area contributed by atoms with Gasteiger partial charge in [0.1, 0.15) is 0 Å². The Balaban J connectivity index is 0.00000162. The summed E-state index contributed by atoms with van der Waals surface area (Å²) in [5.41, 5.74) is 6.77. The van der Waals surface area contributed by atoms with E-state index >= 15 is 0 Å². The van der Waals surface area contributed by atoms with E-state index < -0.39 is 0 Å². The third-order valence-corrected chi connectivity index (χ3v) is 3.04. The van der Waals surface area contributed by atoms with Crippen molar-refractivity contribution in [2.45, 2.75) is 25.3 Å². The van der Waals surface area contributed by atoms with Crippen LogP contribution in [-0.2, 0) is 16.0 Å². The zero-order valence-corrected chi connectivity index (χ0v) is 10.9. The predicted molar refractivity (Wildman–Crippen MR) is 71.3 cm³/mol. The highest BCUT2D eigenvalue weighted by Gasteiger charge is 2.34. The molecule has 1 atom stereocenters. The zero-order chi connectivity index (χ0) is 12.3. The Hall–Kier alpha value is -1.39. The van der Waals surface area contributed by atoms with Crippen LogP contribution < -0.4 is 5.73 Å². The van der Waals surface area contributed by atoms with Crippen LogP contribution in [0.3, 0.4) is 0 Å². The Morgan fingerprint density at radius 1 is 1.11 bits per heavy atom. The number of nitrogens with two attached hydrogens (primary N) is 1. The molecule has 0 aromatic heterocycles. The standard InChI is InChI=1S/C13H16N2O2.ClH/c14-9-11(8-10-4-2-1-3-5-10)15-12(16)6-7-13(15)17;/h1-5,11H,6-9,14H2;1H. The number of nitrogens with zero attached hydrogens (tertiary/aromatic N) is 1. The first kappa shape index (κ1) is 14.7. The Labute approximate surface area is 113 Å². The monoisotopic (exact) mass is 268 g/mol. The van der Waals surface area contributed by atoms with Crippen molar-refractivity contribution in [3.8, 4) is 0 Å². The molecule has 18 heavy (non-hydrogen) atoms. The van der Waals surface area contributed by atoms with Gasteiger partial charge in [0.25, 0.3) is 0 Å². The van der Waals surface area contributed by atoms with Gasteiger partial charge in [-0.15, -0.1) is 12.4 Å². The number of hydrogen-bond donors (Lipinski definition) is 1. The van der Waals surface area contributed by atoms with E-state index in [-0.39, 0.29) is 30.3 Å². The molecular weight excluding hydrogens is 252 g/mol. The van der Waals surface area contributed by atoms with E-state index in [0.29, 0.717) is 25.8 Å². The number of imide groups is 1. The molecule has 0 radical (unpaired) electrons. The largest absolute Gasteiger partial charge is 0.328 e. The highest BCUT2D eigenvalue weighted by Crippen LogP contribution is 2.17. The lowest BCUT2D eigenvalue weighted by Gasteiger charge is -2.24. The summed E-state index contributed by atoms with van der Waals surface area (Å²) in [4.78, 5) is 24.6. The molecule has 1 fully saturated rings.